The third-order valence-corrected chi connectivity index (χ3v) is 2.55. The van der Waals surface area contributed by atoms with Crippen LogP contribution in [0.15, 0.2) is 42.6 Å². The first-order valence-corrected chi connectivity index (χ1v) is 5.87. The van der Waals surface area contributed by atoms with E-state index in [4.69, 9.17) is 10.4 Å². The zero-order valence-electron chi connectivity index (χ0n) is 10.7. The van der Waals surface area contributed by atoms with Crippen molar-refractivity contribution in [2.75, 3.05) is 10.6 Å². The molecule has 0 aliphatic rings. The third-order valence-electron chi connectivity index (χ3n) is 2.55. The van der Waals surface area contributed by atoms with Gasteiger partial charge in [0.05, 0.1) is 16.9 Å². The Morgan fingerprint density at radius 2 is 1.76 bits per heavy atom. The van der Waals surface area contributed by atoms with Crippen molar-refractivity contribution in [2.24, 2.45) is 0 Å². The van der Waals surface area contributed by atoms with Crippen molar-refractivity contribution in [1.29, 1.82) is 5.26 Å². The number of carboxylic acids is 1. The molecular weight excluding hydrogens is 272 g/mol. The van der Waals surface area contributed by atoms with Gasteiger partial charge in [0.25, 0.3) is 0 Å². The molecule has 0 aliphatic carbocycles. The summed E-state index contributed by atoms with van der Waals surface area (Å²) in [5.74, 6) is -1.25. The van der Waals surface area contributed by atoms with Gasteiger partial charge < -0.3 is 15.7 Å². The molecule has 0 saturated carbocycles. The highest BCUT2D eigenvalue weighted by Gasteiger charge is 2.14. The molecular formula is C14H10N4O3. The molecule has 0 fully saturated rings. The first kappa shape index (κ1) is 14.0. The van der Waals surface area contributed by atoms with Gasteiger partial charge in [-0.05, 0) is 24.3 Å². The summed E-state index contributed by atoms with van der Waals surface area (Å²) in [6, 6.07) is 10.7. The van der Waals surface area contributed by atoms with E-state index in [-0.39, 0.29) is 11.4 Å². The van der Waals surface area contributed by atoms with E-state index in [0.717, 1.165) is 0 Å². The number of carboxylic acid groups (broad SMARTS) is 1. The molecule has 0 bridgehead atoms. The molecule has 0 saturated heterocycles. The van der Waals surface area contributed by atoms with Gasteiger partial charge in [0, 0.05) is 6.20 Å². The van der Waals surface area contributed by atoms with Gasteiger partial charge in [-0.3, -0.25) is 0 Å². The van der Waals surface area contributed by atoms with E-state index < -0.39 is 12.0 Å². The van der Waals surface area contributed by atoms with Crippen LogP contribution in [0.4, 0.5) is 16.2 Å². The van der Waals surface area contributed by atoms with Crippen molar-refractivity contribution in [3.8, 4) is 6.07 Å². The number of aromatic nitrogens is 1. The van der Waals surface area contributed by atoms with Gasteiger partial charge in [-0.15, -0.1) is 0 Å². The van der Waals surface area contributed by atoms with Crippen LogP contribution < -0.4 is 10.6 Å². The molecule has 1 aromatic carbocycles. The molecule has 7 heteroatoms. The summed E-state index contributed by atoms with van der Waals surface area (Å²) in [4.78, 5) is 26.5. The number of para-hydroxylation sites is 1. The van der Waals surface area contributed by atoms with Crippen molar-refractivity contribution < 1.29 is 14.7 Å². The second kappa shape index (κ2) is 6.16. The molecule has 2 aromatic rings. The Morgan fingerprint density at radius 1 is 1.10 bits per heavy atom. The number of benzene rings is 1. The minimum Gasteiger partial charge on any atom is -0.476 e. The number of pyridine rings is 1. The van der Waals surface area contributed by atoms with Crippen molar-refractivity contribution in [2.45, 2.75) is 0 Å². The predicted molar refractivity (Wildman–Crippen MR) is 75.0 cm³/mol. The van der Waals surface area contributed by atoms with Gasteiger partial charge >= 0.3 is 12.0 Å². The summed E-state index contributed by atoms with van der Waals surface area (Å²) in [5.41, 5.74) is 0.439. The molecule has 21 heavy (non-hydrogen) atoms. The molecule has 0 aliphatic heterocycles. The number of urea groups is 1. The maximum atomic E-state index is 11.9. The number of nitrogens with zero attached hydrogens (tertiary/aromatic N) is 2. The lowest BCUT2D eigenvalue weighted by Gasteiger charge is -2.09. The minimum absolute atomic E-state index is 0.0666. The van der Waals surface area contributed by atoms with Crippen LogP contribution in [0.3, 0.4) is 0 Å². The van der Waals surface area contributed by atoms with Crippen LogP contribution in [-0.4, -0.2) is 22.1 Å². The Hall–Kier alpha value is -3.40. The number of aromatic carboxylic acids is 1. The number of rotatable bonds is 3. The zero-order chi connectivity index (χ0) is 15.2. The van der Waals surface area contributed by atoms with Gasteiger partial charge in [-0.25, -0.2) is 14.6 Å². The first-order valence-electron chi connectivity index (χ1n) is 5.87. The van der Waals surface area contributed by atoms with Crippen LogP contribution in [0.1, 0.15) is 16.1 Å². The Kier molecular flexibility index (Phi) is 4.11. The summed E-state index contributed by atoms with van der Waals surface area (Å²) < 4.78 is 0. The number of carbonyl (C=O) groups is 2. The van der Waals surface area contributed by atoms with Gasteiger partial charge in [0.1, 0.15) is 6.07 Å². The predicted octanol–water partition coefficient (Wildman–Crippen LogP) is 2.30. The molecule has 2 rings (SSSR count). The summed E-state index contributed by atoms with van der Waals surface area (Å²) in [6.45, 7) is 0. The zero-order valence-corrected chi connectivity index (χ0v) is 10.7. The summed E-state index contributed by atoms with van der Waals surface area (Å²) in [5, 5.41) is 22.8. The van der Waals surface area contributed by atoms with Gasteiger partial charge in [0.2, 0.25) is 0 Å². The number of carbonyl (C=O) groups excluding carboxylic acids is 1. The fraction of sp³-hybridized carbons (Fsp3) is 0. The van der Waals surface area contributed by atoms with Crippen LogP contribution in [0.5, 0.6) is 0 Å². The standard InChI is InChI=1S/C14H10N4O3/c15-8-9-4-1-2-5-10(9)17-14(21)18-11-6-3-7-16-12(11)13(19)20/h1-7H,(H,19,20)(H2,17,18,21). The molecule has 7 nitrogen and oxygen atoms in total. The van der Waals surface area contributed by atoms with E-state index in [0.29, 0.717) is 11.3 Å². The number of nitriles is 1. The van der Waals surface area contributed by atoms with Crippen molar-refractivity contribution >= 4 is 23.4 Å². The van der Waals surface area contributed by atoms with Gasteiger partial charge in [-0.2, -0.15) is 5.26 Å². The molecule has 104 valence electrons. The van der Waals surface area contributed by atoms with Gasteiger partial charge in [0.15, 0.2) is 5.69 Å². The van der Waals surface area contributed by atoms with Crippen molar-refractivity contribution in [3.05, 3.63) is 53.9 Å². The van der Waals surface area contributed by atoms with E-state index in [1.807, 2.05) is 6.07 Å². The van der Waals surface area contributed by atoms with E-state index >= 15 is 0 Å². The minimum atomic E-state index is -1.25. The van der Waals surface area contributed by atoms with Crippen LogP contribution in [0, 0.1) is 11.3 Å². The van der Waals surface area contributed by atoms with Gasteiger partial charge in [-0.1, -0.05) is 12.1 Å². The lowest BCUT2D eigenvalue weighted by Crippen LogP contribution is -2.21. The average molecular weight is 282 g/mol. The molecule has 0 atom stereocenters. The Morgan fingerprint density at radius 3 is 2.48 bits per heavy atom. The number of hydrogen-bond acceptors (Lipinski definition) is 4. The van der Waals surface area contributed by atoms with E-state index in [1.54, 1.807) is 24.3 Å². The van der Waals surface area contributed by atoms with E-state index in [9.17, 15) is 9.59 Å². The van der Waals surface area contributed by atoms with Crippen LogP contribution in [0.25, 0.3) is 0 Å². The van der Waals surface area contributed by atoms with Crippen molar-refractivity contribution in [1.82, 2.24) is 4.98 Å². The highest BCUT2D eigenvalue weighted by Crippen LogP contribution is 2.16. The summed E-state index contributed by atoms with van der Waals surface area (Å²) in [7, 11) is 0. The summed E-state index contributed by atoms with van der Waals surface area (Å²) >= 11 is 0. The molecule has 1 heterocycles. The SMILES string of the molecule is N#Cc1ccccc1NC(=O)Nc1cccnc1C(=O)O. The topological polar surface area (TPSA) is 115 Å². The Labute approximate surface area is 119 Å². The summed E-state index contributed by atoms with van der Waals surface area (Å²) in [6.07, 6.45) is 1.32. The number of anilines is 2. The number of amides is 2. The number of nitrogens with one attached hydrogen (secondary N) is 2. The fourth-order valence-electron chi connectivity index (χ4n) is 1.64. The normalized spacial score (nSPS) is 9.48. The highest BCUT2D eigenvalue weighted by molar-refractivity contribution is 6.04. The average Bonchev–Trinajstić information content (AvgIpc) is 2.48. The lowest BCUT2D eigenvalue weighted by atomic mass is 10.2. The second-order valence-electron chi connectivity index (χ2n) is 3.94. The quantitative estimate of drug-likeness (QED) is 0.798. The maximum Gasteiger partial charge on any atom is 0.356 e. The first-order chi connectivity index (χ1) is 10.1. The molecule has 0 unspecified atom stereocenters. The molecule has 0 radical (unpaired) electrons. The highest BCUT2D eigenvalue weighted by atomic mass is 16.4. The van der Waals surface area contributed by atoms with Crippen LogP contribution in [0.2, 0.25) is 0 Å². The Bertz CT molecular complexity index is 737. The second-order valence-corrected chi connectivity index (χ2v) is 3.94. The van der Waals surface area contributed by atoms with E-state index in [2.05, 4.69) is 15.6 Å². The fourth-order valence-corrected chi connectivity index (χ4v) is 1.64. The van der Waals surface area contributed by atoms with E-state index in [1.165, 1.54) is 18.3 Å². The maximum absolute atomic E-state index is 11.9. The molecule has 1 aromatic heterocycles. The van der Waals surface area contributed by atoms with Crippen LogP contribution >= 0.6 is 0 Å². The van der Waals surface area contributed by atoms with Crippen LogP contribution in [-0.2, 0) is 0 Å². The van der Waals surface area contributed by atoms with Crippen molar-refractivity contribution in [3.63, 3.8) is 0 Å². The largest absolute Gasteiger partial charge is 0.476 e. The third kappa shape index (κ3) is 3.33. The number of hydrogen-bond donors (Lipinski definition) is 3. The lowest BCUT2D eigenvalue weighted by molar-refractivity contribution is 0.0692. The monoisotopic (exact) mass is 282 g/mol. The molecule has 3 N–H and O–H groups in total. The Balaban J connectivity index is 2.16. The smallest absolute Gasteiger partial charge is 0.356 e. The molecule has 0 spiro atoms. The molecule has 2 amide bonds.